The van der Waals surface area contributed by atoms with Crippen molar-refractivity contribution in [3.8, 4) is 0 Å². The van der Waals surface area contributed by atoms with Crippen LogP contribution in [0.15, 0.2) is 0 Å². The first-order valence-corrected chi connectivity index (χ1v) is 27.5. The molecule has 4 aliphatic rings. The van der Waals surface area contributed by atoms with E-state index in [4.69, 9.17) is 33.2 Å². The van der Waals surface area contributed by atoms with Crippen molar-refractivity contribution in [2.24, 2.45) is 47.3 Å². The number of hydrogen-bond acceptors (Lipinski definition) is 14. The van der Waals surface area contributed by atoms with E-state index in [9.17, 15) is 33.6 Å². The van der Waals surface area contributed by atoms with E-state index in [1.54, 1.807) is 20.8 Å². The van der Waals surface area contributed by atoms with Crippen LogP contribution in [-0.2, 0) is 61.9 Å². The van der Waals surface area contributed by atoms with Crippen molar-refractivity contribution >= 4 is 41.9 Å². The maximum absolute atomic E-state index is 13.4. The molecule has 1 amide bonds. The Morgan fingerprint density at radius 1 is 0.429 bits per heavy atom. The van der Waals surface area contributed by atoms with Crippen molar-refractivity contribution in [2.75, 3.05) is 39.5 Å². The van der Waals surface area contributed by atoms with Crippen molar-refractivity contribution in [2.45, 2.75) is 220 Å². The van der Waals surface area contributed by atoms with Gasteiger partial charge in [0.25, 0.3) is 0 Å². The third kappa shape index (κ3) is 21.4. The molecule has 0 unspecified atom stereocenters. The van der Waals surface area contributed by atoms with Crippen LogP contribution in [0.1, 0.15) is 203 Å². The predicted octanol–water partition coefficient (Wildman–Crippen LogP) is 10.6. The SMILES string of the molecule is CCC1CCC(C(=O)OCC(COC(=O)C2CCC(CC)CC2)OC(=O)CCCN(CCCC(=O)OC(COC(=O)C2CCC(CC)CC2)COC(=O)C2CCC(CC)CC2)C(=O)OC(C)(C)C)CC1. The van der Waals surface area contributed by atoms with Gasteiger partial charge >= 0.3 is 41.9 Å². The molecule has 0 atom stereocenters. The molecule has 4 rings (SSSR count). The fraction of sp³-hybridized carbons (Fsp3) is 0.873. The predicted molar refractivity (Wildman–Crippen MR) is 263 cm³/mol. The van der Waals surface area contributed by atoms with E-state index in [0.717, 1.165) is 128 Å². The molecule has 4 saturated carbocycles. The highest BCUT2D eigenvalue weighted by atomic mass is 16.6. The lowest BCUT2D eigenvalue weighted by Crippen LogP contribution is -2.38. The molecule has 400 valence electrons. The van der Waals surface area contributed by atoms with E-state index in [0.29, 0.717) is 23.7 Å². The lowest BCUT2D eigenvalue weighted by molar-refractivity contribution is -0.170. The Balaban J connectivity index is 1.30. The fourth-order valence-electron chi connectivity index (χ4n) is 10.6. The Morgan fingerprint density at radius 2 is 0.686 bits per heavy atom. The number of hydrogen-bond donors (Lipinski definition) is 0. The van der Waals surface area contributed by atoms with Gasteiger partial charge in [0, 0.05) is 25.9 Å². The summed E-state index contributed by atoms with van der Waals surface area (Å²) in [5.41, 5.74) is -0.813. The Kier molecular flexibility index (Phi) is 25.9. The van der Waals surface area contributed by atoms with Gasteiger partial charge < -0.3 is 38.1 Å². The van der Waals surface area contributed by atoms with Crippen molar-refractivity contribution in [3.63, 3.8) is 0 Å². The molecule has 4 aliphatic carbocycles. The van der Waals surface area contributed by atoms with Crippen LogP contribution < -0.4 is 0 Å². The molecule has 0 N–H and O–H groups in total. The smallest absolute Gasteiger partial charge is 0.410 e. The van der Waals surface area contributed by atoms with Gasteiger partial charge in [0.2, 0.25) is 0 Å². The lowest BCUT2D eigenvalue weighted by Gasteiger charge is -2.28. The van der Waals surface area contributed by atoms with Crippen LogP contribution in [0.4, 0.5) is 4.79 Å². The monoisotopic (exact) mass is 990 g/mol. The minimum absolute atomic E-state index is 0.0962. The van der Waals surface area contributed by atoms with Crippen LogP contribution in [-0.4, -0.2) is 104 Å². The van der Waals surface area contributed by atoms with Crippen LogP contribution in [0.2, 0.25) is 0 Å². The molecule has 15 nitrogen and oxygen atoms in total. The average Bonchev–Trinajstić information content (AvgIpc) is 3.36. The van der Waals surface area contributed by atoms with E-state index in [2.05, 4.69) is 27.7 Å². The van der Waals surface area contributed by atoms with Crippen LogP contribution in [0.25, 0.3) is 0 Å². The summed E-state index contributed by atoms with van der Waals surface area (Å²) in [5.74, 6) is -0.976. The highest BCUT2D eigenvalue weighted by Gasteiger charge is 2.33. The molecule has 0 aromatic carbocycles. The molecule has 0 spiro atoms. The summed E-state index contributed by atoms with van der Waals surface area (Å²) in [4.78, 5) is 93.8. The third-order valence-corrected chi connectivity index (χ3v) is 15.5. The van der Waals surface area contributed by atoms with Gasteiger partial charge in [0.1, 0.15) is 32.0 Å². The molecule has 70 heavy (non-hydrogen) atoms. The van der Waals surface area contributed by atoms with Gasteiger partial charge in [-0.3, -0.25) is 28.8 Å². The quantitative estimate of drug-likeness (QED) is 0.0588. The summed E-state index contributed by atoms with van der Waals surface area (Å²) >= 11 is 0. The summed E-state index contributed by atoms with van der Waals surface area (Å²) < 4.78 is 39.9. The van der Waals surface area contributed by atoms with Gasteiger partial charge in [-0.25, -0.2) is 4.79 Å². The molecular weight excluding hydrogens is 899 g/mol. The summed E-state index contributed by atoms with van der Waals surface area (Å²) in [5, 5.41) is 0. The molecule has 4 fully saturated rings. The van der Waals surface area contributed by atoms with Crippen molar-refractivity contribution in [1.29, 1.82) is 0 Å². The molecule has 0 saturated heterocycles. The number of esters is 6. The number of rotatable bonds is 26. The second-order valence-corrected chi connectivity index (χ2v) is 21.9. The fourth-order valence-corrected chi connectivity index (χ4v) is 10.6. The zero-order chi connectivity index (χ0) is 51.1. The minimum Gasteiger partial charge on any atom is -0.461 e. The maximum Gasteiger partial charge on any atom is 0.410 e. The summed E-state index contributed by atoms with van der Waals surface area (Å²) in [6.45, 7) is 13.1. The second kappa shape index (κ2) is 30.9. The molecule has 0 bridgehead atoms. The number of ether oxygens (including phenoxy) is 7. The van der Waals surface area contributed by atoms with Crippen molar-refractivity contribution < 1.29 is 66.7 Å². The highest BCUT2D eigenvalue weighted by Crippen LogP contribution is 2.34. The standard InChI is InChI=1S/C55H91NO14/c1-8-38-16-24-42(25-17-38)50(59)64-34-46(35-65-51(60)43-26-18-39(9-2)19-27-43)68-48(57)14-12-32-56(54(63)70-55(5,6)7)33-13-15-49(58)69-47(36-66-52(61)44-28-20-40(10-3)21-29-44)37-67-53(62)45-30-22-41(11-4)23-31-45/h38-47H,8-37H2,1-7H3. The molecule has 0 aromatic heterocycles. The van der Waals surface area contributed by atoms with E-state index >= 15 is 0 Å². The second-order valence-electron chi connectivity index (χ2n) is 21.9. The maximum atomic E-state index is 13.4. The topological polar surface area (TPSA) is 187 Å². The summed E-state index contributed by atoms with van der Waals surface area (Å²) in [6, 6.07) is 0. The Hall–Kier alpha value is -3.91. The molecule has 0 aromatic rings. The summed E-state index contributed by atoms with van der Waals surface area (Å²) in [6.07, 6.45) is 15.6. The molecule has 0 aliphatic heterocycles. The average molecular weight is 990 g/mol. The molecule has 15 heteroatoms. The van der Waals surface area contributed by atoms with Crippen LogP contribution >= 0.6 is 0 Å². The van der Waals surface area contributed by atoms with Gasteiger partial charge in [-0.1, -0.05) is 53.4 Å². The third-order valence-electron chi connectivity index (χ3n) is 15.5. The number of carbonyl (C=O) groups is 7. The van der Waals surface area contributed by atoms with Crippen LogP contribution in [0.3, 0.4) is 0 Å². The lowest BCUT2D eigenvalue weighted by atomic mass is 9.81. The Bertz CT molecular complexity index is 1430. The zero-order valence-electron chi connectivity index (χ0n) is 44.1. The van der Waals surface area contributed by atoms with Crippen LogP contribution in [0, 0.1) is 47.3 Å². The van der Waals surface area contributed by atoms with E-state index in [1.165, 1.54) is 4.90 Å². The largest absolute Gasteiger partial charge is 0.461 e. The van der Waals surface area contributed by atoms with Gasteiger partial charge in [0.15, 0.2) is 12.2 Å². The van der Waals surface area contributed by atoms with Crippen molar-refractivity contribution in [3.05, 3.63) is 0 Å². The van der Waals surface area contributed by atoms with E-state index in [1.807, 2.05) is 0 Å². The van der Waals surface area contributed by atoms with Gasteiger partial charge in [-0.05, 0) is 160 Å². The minimum atomic E-state index is -0.996. The Morgan fingerprint density at radius 3 is 0.914 bits per heavy atom. The van der Waals surface area contributed by atoms with Crippen LogP contribution in [0.5, 0.6) is 0 Å². The van der Waals surface area contributed by atoms with Crippen molar-refractivity contribution in [1.82, 2.24) is 4.90 Å². The van der Waals surface area contributed by atoms with Gasteiger partial charge in [-0.2, -0.15) is 0 Å². The number of carbonyl (C=O) groups excluding carboxylic acids is 7. The molecule has 0 heterocycles. The highest BCUT2D eigenvalue weighted by molar-refractivity contribution is 5.75. The summed E-state index contributed by atoms with van der Waals surface area (Å²) in [7, 11) is 0. The van der Waals surface area contributed by atoms with Gasteiger partial charge in [-0.15, -0.1) is 0 Å². The zero-order valence-corrected chi connectivity index (χ0v) is 44.1. The first-order chi connectivity index (χ1) is 33.5. The van der Waals surface area contributed by atoms with Gasteiger partial charge in [0.05, 0.1) is 23.7 Å². The molecule has 0 radical (unpaired) electrons. The number of amides is 1. The normalized spacial score (nSPS) is 25.8. The van der Waals surface area contributed by atoms with E-state index < -0.39 is 35.8 Å². The number of nitrogens with zero attached hydrogens (tertiary/aromatic N) is 1. The first-order valence-electron chi connectivity index (χ1n) is 27.5. The Labute approximate surface area is 419 Å². The molecular formula is C55H91NO14. The first kappa shape index (κ1) is 58.7. The van der Waals surface area contributed by atoms with E-state index in [-0.39, 0.29) is 113 Å².